The van der Waals surface area contributed by atoms with E-state index < -0.39 is 11.6 Å². The van der Waals surface area contributed by atoms with Crippen molar-refractivity contribution in [2.45, 2.75) is 0 Å². The first-order valence-electron chi connectivity index (χ1n) is 4.24. The van der Waals surface area contributed by atoms with Crippen LogP contribution in [-0.4, -0.2) is 4.98 Å². The van der Waals surface area contributed by atoms with Gasteiger partial charge in [-0.3, -0.25) is 4.98 Å². The van der Waals surface area contributed by atoms with Crippen LogP contribution in [0.1, 0.15) is 0 Å². The third kappa shape index (κ3) is 1.97. The third-order valence-corrected chi connectivity index (χ3v) is 2.21. The van der Waals surface area contributed by atoms with E-state index in [1.807, 2.05) is 0 Å². The van der Waals surface area contributed by atoms with Gasteiger partial charge in [0.05, 0.1) is 0 Å². The number of hydrogen-bond acceptors (Lipinski definition) is 1. The molecule has 4 heteroatoms. The SMILES string of the molecule is Fc1ccnc(-c2ccc(Cl)cc2)c1F. The first kappa shape index (κ1) is 10.1. The largest absolute Gasteiger partial charge is 0.253 e. The lowest BCUT2D eigenvalue weighted by atomic mass is 10.1. The van der Waals surface area contributed by atoms with Crippen molar-refractivity contribution in [2.75, 3.05) is 0 Å². The Balaban J connectivity index is 2.54. The third-order valence-electron chi connectivity index (χ3n) is 1.96. The van der Waals surface area contributed by atoms with E-state index in [-0.39, 0.29) is 5.69 Å². The monoisotopic (exact) mass is 225 g/mol. The highest BCUT2D eigenvalue weighted by Crippen LogP contribution is 2.23. The van der Waals surface area contributed by atoms with Crippen LogP contribution in [-0.2, 0) is 0 Å². The van der Waals surface area contributed by atoms with E-state index >= 15 is 0 Å². The molecular weight excluding hydrogens is 220 g/mol. The smallest absolute Gasteiger partial charge is 0.185 e. The van der Waals surface area contributed by atoms with E-state index in [2.05, 4.69) is 4.98 Å². The molecule has 0 fully saturated rings. The van der Waals surface area contributed by atoms with Crippen LogP contribution in [0.15, 0.2) is 36.5 Å². The molecule has 0 unspecified atom stereocenters. The lowest BCUT2D eigenvalue weighted by molar-refractivity contribution is 0.507. The molecule has 0 saturated heterocycles. The molecule has 1 heterocycles. The average molecular weight is 226 g/mol. The van der Waals surface area contributed by atoms with Crippen molar-refractivity contribution in [1.82, 2.24) is 4.98 Å². The Morgan fingerprint density at radius 3 is 2.33 bits per heavy atom. The van der Waals surface area contributed by atoms with E-state index in [0.717, 1.165) is 6.07 Å². The van der Waals surface area contributed by atoms with E-state index in [1.54, 1.807) is 24.3 Å². The molecule has 0 saturated carbocycles. The predicted molar refractivity (Wildman–Crippen MR) is 54.6 cm³/mol. The normalized spacial score (nSPS) is 10.3. The van der Waals surface area contributed by atoms with Gasteiger partial charge in [0.15, 0.2) is 11.6 Å². The quantitative estimate of drug-likeness (QED) is 0.722. The molecule has 76 valence electrons. The van der Waals surface area contributed by atoms with Crippen LogP contribution in [0.3, 0.4) is 0 Å². The molecular formula is C11H6ClF2N. The summed E-state index contributed by atoms with van der Waals surface area (Å²) in [5, 5.41) is 0.538. The van der Waals surface area contributed by atoms with Gasteiger partial charge >= 0.3 is 0 Å². The molecule has 0 amide bonds. The fraction of sp³-hybridized carbons (Fsp3) is 0. The summed E-state index contributed by atoms with van der Waals surface area (Å²) < 4.78 is 26.2. The van der Waals surface area contributed by atoms with E-state index in [9.17, 15) is 8.78 Å². The summed E-state index contributed by atoms with van der Waals surface area (Å²) in [5.74, 6) is -1.85. The maximum absolute atomic E-state index is 13.3. The maximum Gasteiger partial charge on any atom is 0.185 e. The summed E-state index contributed by atoms with van der Waals surface area (Å²) in [7, 11) is 0. The van der Waals surface area contributed by atoms with Gasteiger partial charge < -0.3 is 0 Å². The second-order valence-corrected chi connectivity index (χ2v) is 3.40. The number of pyridine rings is 1. The van der Waals surface area contributed by atoms with Crippen molar-refractivity contribution in [3.63, 3.8) is 0 Å². The van der Waals surface area contributed by atoms with Gasteiger partial charge in [-0.1, -0.05) is 23.7 Å². The Kier molecular flexibility index (Phi) is 2.64. The zero-order valence-corrected chi connectivity index (χ0v) is 8.30. The van der Waals surface area contributed by atoms with Crippen LogP contribution >= 0.6 is 11.6 Å². The minimum atomic E-state index is -0.945. The molecule has 2 aromatic rings. The average Bonchev–Trinajstić information content (AvgIpc) is 2.24. The van der Waals surface area contributed by atoms with E-state index in [0.29, 0.717) is 10.6 Å². The highest BCUT2D eigenvalue weighted by Gasteiger charge is 2.10. The highest BCUT2D eigenvalue weighted by molar-refractivity contribution is 6.30. The van der Waals surface area contributed by atoms with Gasteiger partial charge in [0.25, 0.3) is 0 Å². The topological polar surface area (TPSA) is 12.9 Å². The fourth-order valence-electron chi connectivity index (χ4n) is 1.23. The molecule has 0 aliphatic rings. The molecule has 0 aliphatic carbocycles. The van der Waals surface area contributed by atoms with E-state index in [1.165, 1.54) is 6.20 Å². The van der Waals surface area contributed by atoms with Gasteiger partial charge in [-0.05, 0) is 18.2 Å². The molecule has 1 nitrogen and oxygen atoms in total. The second kappa shape index (κ2) is 3.95. The van der Waals surface area contributed by atoms with E-state index in [4.69, 9.17) is 11.6 Å². The highest BCUT2D eigenvalue weighted by atomic mass is 35.5. The van der Waals surface area contributed by atoms with Crippen molar-refractivity contribution in [3.05, 3.63) is 53.2 Å². The lowest BCUT2D eigenvalue weighted by Gasteiger charge is -2.02. The van der Waals surface area contributed by atoms with Gasteiger partial charge in [0, 0.05) is 16.8 Å². The first-order chi connectivity index (χ1) is 7.18. The summed E-state index contributed by atoms with van der Waals surface area (Å²) in [6.45, 7) is 0. The Labute approximate surface area is 90.3 Å². The van der Waals surface area contributed by atoms with Crippen molar-refractivity contribution in [3.8, 4) is 11.3 Å². The molecule has 0 spiro atoms. The number of hydrogen-bond donors (Lipinski definition) is 0. The second-order valence-electron chi connectivity index (χ2n) is 2.96. The molecule has 1 aromatic heterocycles. The van der Waals surface area contributed by atoms with Crippen LogP contribution < -0.4 is 0 Å². The molecule has 0 bridgehead atoms. The zero-order chi connectivity index (χ0) is 10.8. The van der Waals surface area contributed by atoms with Gasteiger partial charge in [-0.2, -0.15) is 0 Å². The summed E-state index contributed by atoms with van der Waals surface area (Å²) in [6.07, 6.45) is 1.22. The van der Waals surface area contributed by atoms with Crippen molar-refractivity contribution < 1.29 is 8.78 Å². The van der Waals surface area contributed by atoms with Gasteiger partial charge in [0.1, 0.15) is 5.69 Å². The molecule has 0 radical (unpaired) electrons. The lowest BCUT2D eigenvalue weighted by Crippen LogP contribution is -1.92. The van der Waals surface area contributed by atoms with Gasteiger partial charge in [0.2, 0.25) is 0 Å². The van der Waals surface area contributed by atoms with Crippen molar-refractivity contribution >= 4 is 11.6 Å². The number of rotatable bonds is 1. The Morgan fingerprint density at radius 2 is 1.67 bits per heavy atom. The summed E-state index contributed by atoms with van der Waals surface area (Å²) in [6, 6.07) is 7.36. The Bertz CT molecular complexity index is 482. The molecule has 1 aromatic carbocycles. The molecule has 2 rings (SSSR count). The summed E-state index contributed by atoms with van der Waals surface area (Å²) >= 11 is 5.68. The van der Waals surface area contributed by atoms with Gasteiger partial charge in [-0.25, -0.2) is 8.78 Å². The molecule has 0 N–H and O–H groups in total. The zero-order valence-electron chi connectivity index (χ0n) is 7.55. The maximum atomic E-state index is 13.3. The molecule has 15 heavy (non-hydrogen) atoms. The number of halogens is 3. The van der Waals surface area contributed by atoms with Crippen LogP contribution in [0, 0.1) is 11.6 Å². The summed E-state index contributed by atoms with van der Waals surface area (Å²) in [5.41, 5.74) is 0.489. The van der Waals surface area contributed by atoms with Gasteiger partial charge in [-0.15, -0.1) is 0 Å². The van der Waals surface area contributed by atoms with Crippen LogP contribution in [0.5, 0.6) is 0 Å². The van der Waals surface area contributed by atoms with Crippen LogP contribution in [0.4, 0.5) is 8.78 Å². The van der Waals surface area contributed by atoms with Crippen molar-refractivity contribution in [2.24, 2.45) is 0 Å². The molecule has 0 atom stereocenters. The first-order valence-corrected chi connectivity index (χ1v) is 4.62. The Hall–Kier alpha value is -1.48. The minimum Gasteiger partial charge on any atom is -0.253 e. The summed E-state index contributed by atoms with van der Waals surface area (Å²) in [4.78, 5) is 3.78. The molecule has 0 aliphatic heterocycles. The predicted octanol–water partition coefficient (Wildman–Crippen LogP) is 3.68. The Morgan fingerprint density at radius 1 is 1.00 bits per heavy atom. The number of nitrogens with zero attached hydrogens (tertiary/aromatic N) is 1. The fourth-order valence-corrected chi connectivity index (χ4v) is 1.36. The standard InChI is InChI=1S/C11H6ClF2N/c12-8-3-1-7(2-4-8)11-10(14)9(13)5-6-15-11/h1-6H. The van der Waals surface area contributed by atoms with Crippen molar-refractivity contribution in [1.29, 1.82) is 0 Å². The number of benzene rings is 1. The van der Waals surface area contributed by atoms with Crippen LogP contribution in [0.2, 0.25) is 5.02 Å². The van der Waals surface area contributed by atoms with Crippen LogP contribution in [0.25, 0.3) is 11.3 Å². The minimum absolute atomic E-state index is 0.00772. The number of aromatic nitrogens is 1.